The summed E-state index contributed by atoms with van der Waals surface area (Å²) in [5, 5.41) is 0. The molecule has 0 rings (SSSR count). The summed E-state index contributed by atoms with van der Waals surface area (Å²) in [5.74, 6) is 0.868. The first-order chi connectivity index (χ1) is 8.38. The fourth-order valence-corrected chi connectivity index (χ4v) is 2.23. The van der Waals surface area contributed by atoms with Crippen LogP contribution in [0.1, 0.15) is 60.8 Å². The van der Waals surface area contributed by atoms with Crippen LogP contribution in [0.3, 0.4) is 0 Å². The van der Waals surface area contributed by atoms with Gasteiger partial charge < -0.3 is 10.6 Å². The summed E-state index contributed by atoms with van der Waals surface area (Å²) in [4.78, 5) is 14.6. The Morgan fingerprint density at radius 1 is 1.06 bits per heavy atom. The highest BCUT2D eigenvalue weighted by Crippen LogP contribution is 2.16. The number of carbonyl (C=O) groups excluding carboxylic acids is 1. The van der Waals surface area contributed by atoms with Gasteiger partial charge in [-0.1, -0.05) is 48.0 Å². The first-order valence-electron chi connectivity index (χ1n) is 7.44. The van der Waals surface area contributed by atoms with Crippen molar-refractivity contribution in [2.24, 2.45) is 17.6 Å². The number of rotatable bonds is 8. The molecule has 0 bridgehead atoms. The smallest absolute Gasteiger partial charge is 0.240 e. The zero-order valence-electron chi connectivity index (χ0n) is 13.1. The van der Waals surface area contributed by atoms with E-state index in [4.69, 9.17) is 5.73 Å². The van der Waals surface area contributed by atoms with Gasteiger partial charge in [0.15, 0.2) is 0 Å². The quantitative estimate of drug-likeness (QED) is 0.725. The topological polar surface area (TPSA) is 46.3 Å². The highest BCUT2D eigenvalue weighted by Gasteiger charge is 2.28. The Kier molecular flexibility index (Phi) is 8.25. The molecule has 0 aromatic carbocycles. The van der Waals surface area contributed by atoms with Gasteiger partial charge in [0.1, 0.15) is 0 Å². The lowest BCUT2D eigenvalue weighted by Gasteiger charge is -2.35. The molecular formula is C15H32N2O. The van der Waals surface area contributed by atoms with Gasteiger partial charge in [0.2, 0.25) is 5.91 Å². The number of nitrogens with zero attached hydrogens (tertiary/aromatic N) is 1. The van der Waals surface area contributed by atoms with Crippen molar-refractivity contribution in [3.63, 3.8) is 0 Å². The van der Waals surface area contributed by atoms with E-state index in [1.54, 1.807) is 0 Å². The molecule has 0 fully saturated rings. The Bertz CT molecular complexity index is 237. The first kappa shape index (κ1) is 17.4. The van der Waals surface area contributed by atoms with Gasteiger partial charge in [0.05, 0.1) is 6.04 Å². The summed E-state index contributed by atoms with van der Waals surface area (Å²) in [7, 11) is 0. The molecule has 0 heterocycles. The van der Waals surface area contributed by atoms with Crippen LogP contribution in [0.5, 0.6) is 0 Å². The largest absolute Gasteiger partial charge is 0.338 e. The van der Waals surface area contributed by atoms with Crippen LogP contribution in [0.15, 0.2) is 0 Å². The van der Waals surface area contributed by atoms with Crippen LogP contribution in [0.2, 0.25) is 0 Å². The van der Waals surface area contributed by atoms with Crippen LogP contribution in [0, 0.1) is 11.8 Å². The normalized spacial score (nSPS) is 14.9. The van der Waals surface area contributed by atoms with E-state index in [1.807, 2.05) is 4.90 Å². The van der Waals surface area contributed by atoms with Crippen molar-refractivity contribution in [2.45, 2.75) is 72.9 Å². The summed E-state index contributed by atoms with van der Waals surface area (Å²) in [6, 6.07) is -0.0237. The van der Waals surface area contributed by atoms with Gasteiger partial charge >= 0.3 is 0 Å². The van der Waals surface area contributed by atoms with Crippen LogP contribution in [0.25, 0.3) is 0 Å². The maximum atomic E-state index is 12.5. The molecule has 0 aliphatic heterocycles. The third kappa shape index (κ3) is 4.97. The lowest BCUT2D eigenvalue weighted by molar-refractivity contribution is -0.137. The van der Waals surface area contributed by atoms with E-state index in [9.17, 15) is 4.79 Å². The summed E-state index contributed by atoms with van der Waals surface area (Å²) in [5.41, 5.74) is 6.10. The lowest BCUT2D eigenvalue weighted by atomic mass is 9.97. The molecule has 1 unspecified atom stereocenters. The number of hydrogen-bond donors (Lipinski definition) is 1. The van der Waals surface area contributed by atoms with Gasteiger partial charge in [-0.3, -0.25) is 4.79 Å². The first-order valence-corrected chi connectivity index (χ1v) is 7.44. The molecule has 1 amide bonds. The molecule has 3 nitrogen and oxygen atoms in total. The van der Waals surface area contributed by atoms with Crippen molar-refractivity contribution < 1.29 is 4.79 Å². The number of amides is 1. The van der Waals surface area contributed by atoms with Crippen LogP contribution in [-0.4, -0.2) is 29.4 Å². The maximum absolute atomic E-state index is 12.5. The van der Waals surface area contributed by atoms with Gasteiger partial charge in [-0.05, 0) is 24.7 Å². The van der Waals surface area contributed by atoms with E-state index in [2.05, 4.69) is 41.5 Å². The van der Waals surface area contributed by atoms with E-state index < -0.39 is 0 Å². The molecule has 0 radical (unpaired) electrons. The highest BCUT2D eigenvalue weighted by molar-refractivity contribution is 5.82. The molecule has 0 saturated heterocycles. The van der Waals surface area contributed by atoms with E-state index >= 15 is 0 Å². The second kappa shape index (κ2) is 8.52. The van der Waals surface area contributed by atoms with Crippen molar-refractivity contribution in [2.75, 3.05) is 6.54 Å². The summed E-state index contributed by atoms with van der Waals surface area (Å²) in [6.07, 6.45) is 2.95. The molecule has 0 aliphatic rings. The Labute approximate surface area is 113 Å². The average Bonchev–Trinajstić information content (AvgIpc) is 2.35. The Morgan fingerprint density at radius 3 is 1.89 bits per heavy atom. The number of carbonyl (C=O) groups is 1. The minimum atomic E-state index is -0.352. The molecule has 2 atom stereocenters. The number of hydrogen-bond acceptors (Lipinski definition) is 2. The second-order valence-electron chi connectivity index (χ2n) is 5.77. The monoisotopic (exact) mass is 256 g/mol. The standard InChI is InChI=1S/C15H32N2O/c1-7-12(6)14(16)15(18)17(10-11(4)5)13(8-2)9-3/h11-14H,7-10,16H2,1-6H3/t12?,14-/m0/s1. The van der Waals surface area contributed by atoms with Crippen LogP contribution in [-0.2, 0) is 4.79 Å². The molecule has 108 valence electrons. The zero-order chi connectivity index (χ0) is 14.3. The van der Waals surface area contributed by atoms with Crippen molar-refractivity contribution in [1.29, 1.82) is 0 Å². The molecular weight excluding hydrogens is 224 g/mol. The summed E-state index contributed by atoms with van der Waals surface area (Å²) >= 11 is 0. The average molecular weight is 256 g/mol. The van der Waals surface area contributed by atoms with Crippen LogP contribution < -0.4 is 5.73 Å². The molecule has 18 heavy (non-hydrogen) atoms. The van der Waals surface area contributed by atoms with Crippen molar-refractivity contribution in [3.05, 3.63) is 0 Å². The maximum Gasteiger partial charge on any atom is 0.240 e. The van der Waals surface area contributed by atoms with Gasteiger partial charge in [-0.25, -0.2) is 0 Å². The minimum Gasteiger partial charge on any atom is -0.338 e. The molecule has 2 N–H and O–H groups in total. The zero-order valence-corrected chi connectivity index (χ0v) is 13.1. The third-order valence-corrected chi connectivity index (χ3v) is 3.77. The second-order valence-corrected chi connectivity index (χ2v) is 5.77. The third-order valence-electron chi connectivity index (χ3n) is 3.77. The Morgan fingerprint density at radius 2 is 1.56 bits per heavy atom. The van der Waals surface area contributed by atoms with Crippen LogP contribution in [0.4, 0.5) is 0 Å². The fourth-order valence-electron chi connectivity index (χ4n) is 2.23. The Hall–Kier alpha value is -0.570. The molecule has 0 aromatic rings. The van der Waals surface area contributed by atoms with Gasteiger partial charge in [-0.2, -0.15) is 0 Å². The molecule has 0 aliphatic carbocycles. The van der Waals surface area contributed by atoms with E-state index in [0.29, 0.717) is 12.0 Å². The summed E-state index contributed by atoms with van der Waals surface area (Å²) < 4.78 is 0. The highest BCUT2D eigenvalue weighted by atomic mass is 16.2. The van der Waals surface area contributed by atoms with E-state index in [1.165, 1.54) is 0 Å². The summed E-state index contributed by atoms with van der Waals surface area (Å²) in [6.45, 7) is 13.5. The van der Waals surface area contributed by atoms with Crippen molar-refractivity contribution in [3.8, 4) is 0 Å². The van der Waals surface area contributed by atoms with Crippen molar-refractivity contribution in [1.82, 2.24) is 4.90 Å². The van der Waals surface area contributed by atoms with Crippen molar-refractivity contribution >= 4 is 5.91 Å². The predicted octanol–water partition coefficient (Wildman–Crippen LogP) is 3.03. The van der Waals surface area contributed by atoms with E-state index in [0.717, 1.165) is 25.8 Å². The minimum absolute atomic E-state index is 0.131. The molecule has 0 aromatic heterocycles. The van der Waals surface area contributed by atoms with Gasteiger partial charge in [0.25, 0.3) is 0 Å². The Balaban J connectivity index is 4.88. The fraction of sp³-hybridized carbons (Fsp3) is 0.933. The predicted molar refractivity (Wildman–Crippen MR) is 78.4 cm³/mol. The lowest BCUT2D eigenvalue weighted by Crippen LogP contribution is -2.51. The van der Waals surface area contributed by atoms with Gasteiger partial charge in [-0.15, -0.1) is 0 Å². The molecule has 0 saturated carbocycles. The SMILES string of the molecule is CCC(C)[C@H](N)C(=O)N(CC(C)C)C(CC)CC. The number of nitrogens with two attached hydrogens (primary N) is 1. The van der Waals surface area contributed by atoms with Crippen LogP contribution >= 0.6 is 0 Å². The molecule has 0 spiro atoms. The van der Waals surface area contributed by atoms with E-state index in [-0.39, 0.29) is 17.9 Å². The van der Waals surface area contributed by atoms with Gasteiger partial charge in [0, 0.05) is 12.6 Å². The molecule has 3 heteroatoms.